The lowest BCUT2D eigenvalue weighted by Gasteiger charge is -2.46. The minimum Gasteiger partial charge on any atom is -0.314 e. The Hall–Kier alpha value is -0.0800. The number of nitrogens with one attached hydrogen (secondary N) is 1. The quantitative estimate of drug-likeness (QED) is 0.731. The summed E-state index contributed by atoms with van der Waals surface area (Å²) in [5.41, 5.74) is 1.15. The van der Waals surface area contributed by atoms with Gasteiger partial charge in [-0.3, -0.25) is 4.90 Å². The van der Waals surface area contributed by atoms with Crippen molar-refractivity contribution in [3.05, 3.63) is 0 Å². The van der Waals surface area contributed by atoms with Gasteiger partial charge in [0.05, 0.1) is 0 Å². The molecular formula is C14H26N2. The number of hydrogen-bond acceptors (Lipinski definition) is 2. The van der Waals surface area contributed by atoms with Crippen LogP contribution in [0.4, 0.5) is 0 Å². The Morgan fingerprint density at radius 1 is 1.12 bits per heavy atom. The van der Waals surface area contributed by atoms with Crippen molar-refractivity contribution in [2.24, 2.45) is 16.7 Å². The molecule has 2 nitrogen and oxygen atoms in total. The molecule has 0 aromatic carbocycles. The number of piperazine rings is 1. The summed E-state index contributed by atoms with van der Waals surface area (Å²) < 4.78 is 0. The summed E-state index contributed by atoms with van der Waals surface area (Å²) >= 11 is 0. The van der Waals surface area contributed by atoms with E-state index in [-0.39, 0.29) is 0 Å². The largest absolute Gasteiger partial charge is 0.314 e. The van der Waals surface area contributed by atoms with Gasteiger partial charge in [-0.05, 0) is 36.0 Å². The molecule has 1 N–H and O–H groups in total. The molecule has 2 saturated carbocycles. The first-order valence-electron chi connectivity index (χ1n) is 7.00. The third-order valence-electron chi connectivity index (χ3n) is 6.34. The average Bonchev–Trinajstić information content (AvgIpc) is 2.62. The van der Waals surface area contributed by atoms with E-state index >= 15 is 0 Å². The predicted octanol–water partition coefficient (Wildman–Crippen LogP) is 2.11. The molecular weight excluding hydrogens is 196 g/mol. The van der Waals surface area contributed by atoms with Crippen LogP contribution in [0.3, 0.4) is 0 Å². The van der Waals surface area contributed by atoms with Crippen LogP contribution < -0.4 is 5.32 Å². The van der Waals surface area contributed by atoms with E-state index in [1.165, 1.54) is 45.4 Å². The zero-order chi connectivity index (χ0) is 11.4. The van der Waals surface area contributed by atoms with E-state index in [2.05, 4.69) is 31.0 Å². The monoisotopic (exact) mass is 222 g/mol. The van der Waals surface area contributed by atoms with Gasteiger partial charge in [0, 0.05) is 32.2 Å². The van der Waals surface area contributed by atoms with Crippen LogP contribution in [-0.2, 0) is 0 Å². The first-order chi connectivity index (χ1) is 7.56. The van der Waals surface area contributed by atoms with Crippen molar-refractivity contribution in [2.45, 2.75) is 46.1 Å². The Morgan fingerprint density at radius 3 is 2.31 bits per heavy atom. The van der Waals surface area contributed by atoms with Gasteiger partial charge in [0.25, 0.3) is 0 Å². The third kappa shape index (κ3) is 1.26. The first kappa shape index (κ1) is 11.0. The fourth-order valence-corrected chi connectivity index (χ4v) is 4.71. The normalized spacial score (nSPS) is 47.4. The van der Waals surface area contributed by atoms with Crippen molar-refractivity contribution in [1.29, 1.82) is 0 Å². The molecule has 1 aliphatic heterocycles. The lowest BCUT2D eigenvalue weighted by atomic mass is 9.68. The van der Waals surface area contributed by atoms with Crippen LogP contribution in [0.15, 0.2) is 0 Å². The SMILES string of the molecule is CC1(C)[C@@H]2CC[C@]1(C)[C@H](N1CCNCC1)C2. The van der Waals surface area contributed by atoms with E-state index < -0.39 is 0 Å². The average molecular weight is 222 g/mol. The maximum absolute atomic E-state index is 3.47. The molecule has 92 valence electrons. The molecule has 0 unspecified atom stereocenters. The van der Waals surface area contributed by atoms with Crippen LogP contribution in [-0.4, -0.2) is 37.1 Å². The molecule has 16 heavy (non-hydrogen) atoms. The van der Waals surface area contributed by atoms with Crippen molar-refractivity contribution in [1.82, 2.24) is 10.2 Å². The molecule has 2 aliphatic carbocycles. The van der Waals surface area contributed by atoms with Crippen molar-refractivity contribution < 1.29 is 0 Å². The molecule has 1 saturated heterocycles. The van der Waals surface area contributed by atoms with Crippen molar-refractivity contribution in [3.63, 3.8) is 0 Å². The summed E-state index contributed by atoms with van der Waals surface area (Å²) in [4.78, 5) is 2.78. The van der Waals surface area contributed by atoms with E-state index in [0.29, 0.717) is 10.8 Å². The summed E-state index contributed by atoms with van der Waals surface area (Å²) in [5, 5.41) is 3.47. The van der Waals surface area contributed by atoms with Crippen LogP contribution in [0.25, 0.3) is 0 Å². The molecule has 3 aliphatic rings. The minimum atomic E-state index is 0.572. The van der Waals surface area contributed by atoms with E-state index in [1.54, 1.807) is 0 Å². The van der Waals surface area contributed by atoms with Gasteiger partial charge in [0.1, 0.15) is 0 Å². The van der Waals surface area contributed by atoms with E-state index in [4.69, 9.17) is 0 Å². The molecule has 3 rings (SSSR count). The molecule has 3 atom stereocenters. The van der Waals surface area contributed by atoms with Crippen molar-refractivity contribution >= 4 is 0 Å². The minimum absolute atomic E-state index is 0.572. The van der Waals surface area contributed by atoms with Crippen molar-refractivity contribution in [3.8, 4) is 0 Å². The Bertz CT molecular complexity index is 280. The van der Waals surface area contributed by atoms with Crippen LogP contribution in [0, 0.1) is 16.7 Å². The molecule has 0 radical (unpaired) electrons. The van der Waals surface area contributed by atoms with Gasteiger partial charge >= 0.3 is 0 Å². The Kier molecular flexibility index (Phi) is 2.38. The second kappa shape index (κ2) is 3.46. The van der Waals surface area contributed by atoms with Crippen LogP contribution in [0.1, 0.15) is 40.0 Å². The standard InChI is InChI=1S/C14H26N2/c1-13(2)11-4-5-14(13,3)12(10-11)16-8-6-15-7-9-16/h11-12,15H,4-10H2,1-3H3/t11-,12-,14-/m1/s1. The molecule has 0 amide bonds. The molecule has 3 fully saturated rings. The maximum atomic E-state index is 3.47. The van der Waals surface area contributed by atoms with Gasteiger partial charge in [-0.1, -0.05) is 20.8 Å². The highest BCUT2D eigenvalue weighted by atomic mass is 15.2. The highest BCUT2D eigenvalue weighted by molar-refractivity contribution is 5.13. The number of fused-ring (bicyclic) bond motifs is 2. The second-order valence-corrected chi connectivity index (χ2v) is 6.91. The molecule has 2 bridgehead atoms. The van der Waals surface area contributed by atoms with Gasteiger partial charge in [0.15, 0.2) is 0 Å². The van der Waals surface area contributed by atoms with Crippen LogP contribution in [0.5, 0.6) is 0 Å². The summed E-state index contributed by atoms with van der Waals surface area (Å²) in [5.74, 6) is 0.984. The summed E-state index contributed by atoms with van der Waals surface area (Å²) in [6, 6.07) is 0.864. The second-order valence-electron chi connectivity index (χ2n) is 6.91. The molecule has 0 aromatic heterocycles. The molecule has 1 heterocycles. The number of hydrogen-bond donors (Lipinski definition) is 1. The molecule has 0 spiro atoms. The highest BCUT2D eigenvalue weighted by Crippen LogP contribution is 2.66. The van der Waals surface area contributed by atoms with Gasteiger partial charge in [-0.25, -0.2) is 0 Å². The fraction of sp³-hybridized carbons (Fsp3) is 1.00. The summed E-state index contributed by atoms with van der Waals surface area (Å²) in [7, 11) is 0. The Balaban J connectivity index is 1.83. The topological polar surface area (TPSA) is 15.3 Å². The van der Waals surface area contributed by atoms with Crippen LogP contribution in [0.2, 0.25) is 0 Å². The third-order valence-corrected chi connectivity index (χ3v) is 6.34. The Labute approximate surface area is 99.8 Å². The number of rotatable bonds is 1. The first-order valence-corrected chi connectivity index (χ1v) is 7.00. The lowest BCUT2D eigenvalue weighted by molar-refractivity contribution is 0.0363. The highest BCUT2D eigenvalue weighted by Gasteiger charge is 2.62. The summed E-state index contributed by atoms with van der Waals surface area (Å²) in [6.07, 6.45) is 4.40. The van der Waals surface area contributed by atoms with E-state index in [9.17, 15) is 0 Å². The zero-order valence-corrected chi connectivity index (χ0v) is 11.1. The van der Waals surface area contributed by atoms with Gasteiger partial charge in [-0.15, -0.1) is 0 Å². The van der Waals surface area contributed by atoms with Gasteiger partial charge in [-0.2, -0.15) is 0 Å². The smallest absolute Gasteiger partial charge is 0.0158 e. The van der Waals surface area contributed by atoms with Gasteiger partial charge < -0.3 is 5.32 Å². The lowest BCUT2D eigenvalue weighted by Crippen LogP contribution is -2.54. The van der Waals surface area contributed by atoms with Gasteiger partial charge in [0.2, 0.25) is 0 Å². The summed E-state index contributed by atoms with van der Waals surface area (Å²) in [6.45, 7) is 12.5. The van der Waals surface area contributed by atoms with Crippen LogP contribution >= 0.6 is 0 Å². The maximum Gasteiger partial charge on any atom is 0.0158 e. The van der Waals surface area contributed by atoms with Crippen molar-refractivity contribution in [2.75, 3.05) is 26.2 Å². The number of nitrogens with zero attached hydrogens (tertiary/aromatic N) is 1. The molecule has 0 aromatic rings. The van der Waals surface area contributed by atoms with E-state index in [0.717, 1.165) is 12.0 Å². The molecule has 2 heteroatoms. The Morgan fingerprint density at radius 2 is 1.81 bits per heavy atom. The fourth-order valence-electron chi connectivity index (χ4n) is 4.71. The zero-order valence-electron chi connectivity index (χ0n) is 11.1. The van der Waals surface area contributed by atoms with E-state index in [1.807, 2.05) is 0 Å². The predicted molar refractivity (Wildman–Crippen MR) is 67.5 cm³/mol.